The Balaban J connectivity index is 1.71. The van der Waals surface area contributed by atoms with Gasteiger partial charge in [0.15, 0.2) is 0 Å². The molecule has 2 aromatic carbocycles. The van der Waals surface area contributed by atoms with Gasteiger partial charge in [-0.05, 0) is 56.3 Å². The van der Waals surface area contributed by atoms with Crippen molar-refractivity contribution in [1.29, 1.82) is 0 Å². The number of benzene rings is 2. The van der Waals surface area contributed by atoms with Gasteiger partial charge in [0.05, 0.1) is 5.69 Å². The SMILES string of the molecule is CCN(CC)c1ccc(Nc2nccc(C(=O)Nc3ccc(F)cc3F)n2)cc1. The number of rotatable bonds is 7. The van der Waals surface area contributed by atoms with Gasteiger partial charge in [0.1, 0.15) is 17.3 Å². The summed E-state index contributed by atoms with van der Waals surface area (Å²) in [4.78, 5) is 22.8. The summed E-state index contributed by atoms with van der Waals surface area (Å²) >= 11 is 0. The molecule has 0 aliphatic rings. The van der Waals surface area contributed by atoms with Crippen molar-refractivity contribution in [1.82, 2.24) is 9.97 Å². The Labute approximate surface area is 167 Å². The van der Waals surface area contributed by atoms with Crippen LogP contribution in [0.5, 0.6) is 0 Å². The molecule has 0 unspecified atom stereocenters. The van der Waals surface area contributed by atoms with Crippen molar-refractivity contribution < 1.29 is 13.6 Å². The summed E-state index contributed by atoms with van der Waals surface area (Å²) in [6.07, 6.45) is 1.43. The summed E-state index contributed by atoms with van der Waals surface area (Å²) in [6.45, 7) is 6.02. The number of nitrogens with one attached hydrogen (secondary N) is 2. The van der Waals surface area contributed by atoms with Gasteiger partial charge in [-0.3, -0.25) is 4.79 Å². The van der Waals surface area contributed by atoms with Crippen LogP contribution in [0.25, 0.3) is 0 Å². The second-order valence-corrected chi connectivity index (χ2v) is 6.19. The van der Waals surface area contributed by atoms with E-state index >= 15 is 0 Å². The lowest BCUT2D eigenvalue weighted by atomic mass is 10.2. The van der Waals surface area contributed by atoms with E-state index in [4.69, 9.17) is 0 Å². The quantitative estimate of drug-likeness (QED) is 0.610. The van der Waals surface area contributed by atoms with Crippen LogP contribution in [0.2, 0.25) is 0 Å². The molecule has 2 N–H and O–H groups in total. The summed E-state index contributed by atoms with van der Waals surface area (Å²) in [5, 5.41) is 5.41. The Morgan fingerprint density at radius 1 is 1.03 bits per heavy atom. The summed E-state index contributed by atoms with van der Waals surface area (Å²) in [6, 6.07) is 12.1. The first kappa shape index (κ1) is 20.2. The maximum atomic E-state index is 13.7. The smallest absolute Gasteiger partial charge is 0.274 e. The predicted molar refractivity (Wildman–Crippen MR) is 110 cm³/mol. The molecule has 1 amide bonds. The molecule has 3 aromatic rings. The van der Waals surface area contributed by atoms with Gasteiger partial charge >= 0.3 is 0 Å². The molecule has 0 spiro atoms. The Morgan fingerprint density at radius 3 is 2.41 bits per heavy atom. The van der Waals surface area contributed by atoms with E-state index in [-0.39, 0.29) is 17.3 Å². The van der Waals surface area contributed by atoms with Crippen molar-refractivity contribution >= 4 is 28.9 Å². The van der Waals surface area contributed by atoms with Gasteiger partial charge in [0.2, 0.25) is 5.95 Å². The van der Waals surface area contributed by atoms with Crippen molar-refractivity contribution in [2.45, 2.75) is 13.8 Å². The fourth-order valence-electron chi connectivity index (χ4n) is 2.80. The van der Waals surface area contributed by atoms with E-state index in [1.807, 2.05) is 24.3 Å². The summed E-state index contributed by atoms with van der Waals surface area (Å²) < 4.78 is 26.7. The molecule has 0 aliphatic carbocycles. The number of carbonyl (C=O) groups excluding carboxylic acids is 1. The lowest BCUT2D eigenvalue weighted by molar-refractivity contribution is 0.102. The number of anilines is 4. The largest absolute Gasteiger partial charge is 0.372 e. The molecule has 150 valence electrons. The van der Waals surface area contributed by atoms with Crippen LogP contribution in [0.1, 0.15) is 24.3 Å². The third-order valence-corrected chi connectivity index (χ3v) is 4.32. The minimum Gasteiger partial charge on any atom is -0.372 e. The Morgan fingerprint density at radius 2 is 1.76 bits per heavy atom. The first-order chi connectivity index (χ1) is 14.0. The highest BCUT2D eigenvalue weighted by Gasteiger charge is 2.12. The number of aromatic nitrogens is 2. The van der Waals surface area contributed by atoms with Gasteiger partial charge in [-0.15, -0.1) is 0 Å². The zero-order chi connectivity index (χ0) is 20.8. The molecule has 0 fully saturated rings. The molecular weight excluding hydrogens is 376 g/mol. The van der Waals surface area contributed by atoms with Gasteiger partial charge < -0.3 is 15.5 Å². The van der Waals surface area contributed by atoms with Gasteiger partial charge in [0, 0.05) is 36.7 Å². The second-order valence-electron chi connectivity index (χ2n) is 6.19. The van der Waals surface area contributed by atoms with Crippen LogP contribution in [-0.2, 0) is 0 Å². The highest BCUT2D eigenvalue weighted by atomic mass is 19.1. The van der Waals surface area contributed by atoms with E-state index in [0.29, 0.717) is 6.07 Å². The number of hydrogen-bond donors (Lipinski definition) is 2. The van der Waals surface area contributed by atoms with E-state index in [2.05, 4.69) is 39.3 Å². The maximum absolute atomic E-state index is 13.7. The molecule has 29 heavy (non-hydrogen) atoms. The predicted octanol–water partition coefficient (Wildman–Crippen LogP) is 4.60. The van der Waals surface area contributed by atoms with Crippen molar-refractivity contribution in [3.8, 4) is 0 Å². The molecule has 0 bridgehead atoms. The van der Waals surface area contributed by atoms with Gasteiger partial charge in [-0.25, -0.2) is 18.7 Å². The Hall–Kier alpha value is -3.55. The molecule has 0 radical (unpaired) electrons. The number of nitrogens with zero attached hydrogens (tertiary/aromatic N) is 3. The van der Waals surface area contributed by atoms with Gasteiger partial charge in [-0.2, -0.15) is 0 Å². The standard InChI is InChI=1S/C21H21F2N5O/c1-3-28(4-2)16-8-6-15(7-9-16)25-21-24-12-11-19(27-21)20(29)26-18-10-5-14(22)13-17(18)23/h5-13H,3-4H2,1-2H3,(H,26,29)(H,24,25,27). The van der Waals surface area contributed by atoms with Crippen LogP contribution in [0.15, 0.2) is 54.7 Å². The number of hydrogen-bond acceptors (Lipinski definition) is 5. The highest BCUT2D eigenvalue weighted by Crippen LogP contribution is 2.20. The lowest BCUT2D eigenvalue weighted by Gasteiger charge is -2.21. The van der Waals surface area contributed by atoms with Crippen LogP contribution in [-0.4, -0.2) is 29.0 Å². The van der Waals surface area contributed by atoms with Crippen molar-refractivity contribution in [2.24, 2.45) is 0 Å². The fourth-order valence-corrected chi connectivity index (χ4v) is 2.80. The minimum atomic E-state index is -0.862. The van der Waals surface area contributed by atoms with E-state index in [1.54, 1.807) is 0 Å². The topological polar surface area (TPSA) is 70.2 Å². The molecule has 1 aromatic heterocycles. The fraction of sp³-hybridized carbons (Fsp3) is 0.190. The molecular formula is C21H21F2N5O. The number of carbonyl (C=O) groups is 1. The van der Waals surface area contributed by atoms with Crippen molar-refractivity contribution in [2.75, 3.05) is 28.6 Å². The Kier molecular flexibility index (Phi) is 6.33. The second kappa shape index (κ2) is 9.09. The Bertz CT molecular complexity index is 991. The first-order valence-corrected chi connectivity index (χ1v) is 9.21. The van der Waals surface area contributed by atoms with E-state index in [1.165, 1.54) is 12.3 Å². The lowest BCUT2D eigenvalue weighted by Crippen LogP contribution is -2.21. The highest BCUT2D eigenvalue weighted by molar-refractivity contribution is 6.03. The summed E-state index contributed by atoms with van der Waals surface area (Å²) in [5.74, 6) is -1.98. The number of halogens is 2. The molecule has 8 heteroatoms. The third kappa shape index (κ3) is 5.04. The van der Waals surface area contributed by atoms with Crippen LogP contribution < -0.4 is 15.5 Å². The normalized spacial score (nSPS) is 10.5. The monoisotopic (exact) mass is 397 g/mol. The van der Waals surface area contributed by atoms with Crippen molar-refractivity contribution in [3.05, 3.63) is 72.1 Å². The van der Waals surface area contributed by atoms with E-state index in [9.17, 15) is 13.6 Å². The minimum absolute atomic E-state index is 0.0472. The van der Waals surface area contributed by atoms with Crippen LogP contribution in [0, 0.1) is 11.6 Å². The summed E-state index contributed by atoms with van der Waals surface area (Å²) in [5.41, 5.74) is 1.79. The van der Waals surface area contributed by atoms with Gasteiger partial charge in [-0.1, -0.05) is 0 Å². The number of amides is 1. The molecule has 0 atom stereocenters. The zero-order valence-electron chi connectivity index (χ0n) is 16.1. The van der Waals surface area contributed by atoms with Crippen LogP contribution in [0.4, 0.5) is 31.8 Å². The van der Waals surface area contributed by atoms with Crippen LogP contribution >= 0.6 is 0 Å². The average molecular weight is 397 g/mol. The maximum Gasteiger partial charge on any atom is 0.274 e. The molecule has 0 saturated heterocycles. The third-order valence-electron chi connectivity index (χ3n) is 4.32. The average Bonchev–Trinajstić information content (AvgIpc) is 2.72. The molecule has 3 rings (SSSR count). The molecule has 0 aliphatic heterocycles. The summed E-state index contributed by atoms with van der Waals surface area (Å²) in [7, 11) is 0. The molecule has 0 saturated carbocycles. The molecule has 6 nitrogen and oxygen atoms in total. The molecule has 1 heterocycles. The van der Waals surface area contributed by atoms with Crippen molar-refractivity contribution in [3.63, 3.8) is 0 Å². The van der Waals surface area contributed by atoms with E-state index < -0.39 is 17.5 Å². The van der Waals surface area contributed by atoms with Crippen LogP contribution in [0.3, 0.4) is 0 Å². The first-order valence-electron chi connectivity index (χ1n) is 9.21. The van der Waals surface area contributed by atoms with E-state index in [0.717, 1.165) is 36.6 Å². The van der Waals surface area contributed by atoms with Gasteiger partial charge in [0.25, 0.3) is 5.91 Å². The zero-order valence-corrected chi connectivity index (χ0v) is 16.1.